The summed E-state index contributed by atoms with van der Waals surface area (Å²) in [5, 5.41) is 14.7. The van der Waals surface area contributed by atoms with E-state index in [1.807, 2.05) is 25.1 Å². The van der Waals surface area contributed by atoms with Gasteiger partial charge in [-0.3, -0.25) is 14.6 Å². The Bertz CT molecular complexity index is 1300. The molecule has 0 aliphatic carbocycles. The third kappa shape index (κ3) is 4.02. The van der Waals surface area contributed by atoms with Gasteiger partial charge in [0.15, 0.2) is 0 Å². The van der Waals surface area contributed by atoms with Crippen molar-refractivity contribution in [1.29, 1.82) is 0 Å². The van der Waals surface area contributed by atoms with Crippen molar-refractivity contribution < 1.29 is 14.7 Å². The van der Waals surface area contributed by atoms with Crippen molar-refractivity contribution >= 4 is 38.8 Å². The van der Waals surface area contributed by atoms with Gasteiger partial charge in [-0.05, 0) is 73.8 Å². The summed E-state index contributed by atoms with van der Waals surface area (Å²) >= 11 is 3.57. The highest BCUT2D eigenvalue weighted by Gasteiger charge is 2.60. The number of aromatic nitrogens is 1. The lowest BCUT2D eigenvalue weighted by molar-refractivity contribution is -0.133. The number of carbonyl (C=O) groups is 2. The van der Waals surface area contributed by atoms with Gasteiger partial charge in [0.05, 0.1) is 0 Å². The molecule has 5 rings (SSSR count). The van der Waals surface area contributed by atoms with Gasteiger partial charge in [-0.15, -0.1) is 0 Å². The number of phenolic OH excluding ortho intramolecular Hbond substituents is 1. The van der Waals surface area contributed by atoms with Crippen LogP contribution in [0.25, 0.3) is 10.9 Å². The first-order valence-corrected chi connectivity index (χ1v) is 12.9. The smallest absolute Gasteiger partial charge is 0.328 e. The number of urea groups is 1. The number of benzene rings is 2. The SMILES string of the molecule is CC(C)CNCCCN1C(=O)N2C(c3cccc(O)c3)c3[nH]c4ccc(Br)cc4c3CC2(C)C1=O. The lowest BCUT2D eigenvalue weighted by Crippen LogP contribution is -2.53. The molecule has 2 aliphatic heterocycles. The van der Waals surface area contributed by atoms with E-state index in [1.54, 1.807) is 23.1 Å². The Morgan fingerprint density at radius 3 is 2.77 bits per heavy atom. The number of carbonyl (C=O) groups excluding carboxylic acids is 2. The van der Waals surface area contributed by atoms with E-state index in [1.165, 1.54) is 4.90 Å². The molecule has 3 N–H and O–H groups in total. The van der Waals surface area contributed by atoms with E-state index in [0.717, 1.165) is 45.3 Å². The standard InChI is InChI=1S/C27H31BrN4O3/c1-16(2)15-29-10-5-11-31-25(34)27(3)14-21-20-13-18(28)8-9-22(20)30-23(21)24(32(27)26(31)35)17-6-4-7-19(33)12-17/h4,6-9,12-13,16,24,29-30,33H,5,10-11,14-15H2,1-3H3. The maximum Gasteiger partial charge on any atom is 0.328 e. The fraction of sp³-hybridized carbons (Fsp3) is 0.407. The fourth-order valence-electron chi connectivity index (χ4n) is 5.48. The molecule has 7 nitrogen and oxygen atoms in total. The van der Waals surface area contributed by atoms with Crippen LogP contribution in [0.2, 0.25) is 0 Å². The minimum atomic E-state index is -1.01. The summed E-state index contributed by atoms with van der Waals surface area (Å²) in [4.78, 5) is 34.3. The van der Waals surface area contributed by atoms with Crippen LogP contribution in [0.1, 0.15) is 50.1 Å². The molecule has 1 fully saturated rings. The number of aromatic amines is 1. The molecule has 3 heterocycles. The number of aromatic hydroxyl groups is 1. The molecule has 1 saturated heterocycles. The fourth-order valence-corrected chi connectivity index (χ4v) is 5.84. The van der Waals surface area contributed by atoms with Crippen LogP contribution in [0.3, 0.4) is 0 Å². The predicted octanol–water partition coefficient (Wildman–Crippen LogP) is 4.94. The molecule has 1 aromatic heterocycles. The predicted molar refractivity (Wildman–Crippen MR) is 139 cm³/mol. The number of hydrogen-bond acceptors (Lipinski definition) is 4. The molecule has 0 saturated carbocycles. The average Bonchev–Trinajstić information content (AvgIpc) is 3.24. The van der Waals surface area contributed by atoms with Gasteiger partial charge >= 0.3 is 6.03 Å². The summed E-state index contributed by atoms with van der Waals surface area (Å²) in [6.07, 6.45) is 1.13. The van der Waals surface area contributed by atoms with Crippen LogP contribution in [-0.4, -0.2) is 57.0 Å². The highest BCUT2D eigenvalue weighted by molar-refractivity contribution is 9.10. The molecule has 0 radical (unpaired) electrons. The second-order valence-corrected chi connectivity index (χ2v) is 11.1. The van der Waals surface area contributed by atoms with Crippen molar-refractivity contribution in [2.75, 3.05) is 19.6 Å². The number of halogens is 1. The highest BCUT2D eigenvalue weighted by atomic mass is 79.9. The zero-order valence-corrected chi connectivity index (χ0v) is 21.9. The first kappa shape index (κ1) is 23.9. The van der Waals surface area contributed by atoms with Crippen molar-refractivity contribution in [3.63, 3.8) is 0 Å². The molecule has 0 bridgehead atoms. The number of rotatable bonds is 7. The quantitative estimate of drug-likeness (QED) is 0.293. The van der Waals surface area contributed by atoms with Gasteiger partial charge in [-0.1, -0.05) is 41.9 Å². The summed E-state index contributed by atoms with van der Waals surface area (Å²) in [5.74, 6) is 0.512. The average molecular weight is 539 g/mol. The zero-order valence-electron chi connectivity index (χ0n) is 20.3. The van der Waals surface area contributed by atoms with Crippen molar-refractivity contribution in [2.45, 2.75) is 45.2 Å². The Labute approximate surface area is 213 Å². The maximum absolute atomic E-state index is 13.8. The van der Waals surface area contributed by atoms with Crippen LogP contribution in [0.4, 0.5) is 4.79 Å². The summed E-state index contributed by atoms with van der Waals surface area (Å²) < 4.78 is 0.956. The molecule has 0 spiro atoms. The van der Waals surface area contributed by atoms with Crippen LogP contribution in [0.5, 0.6) is 5.75 Å². The van der Waals surface area contributed by atoms with Gasteiger partial charge in [-0.25, -0.2) is 4.79 Å². The van der Waals surface area contributed by atoms with Crippen LogP contribution in [0.15, 0.2) is 46.9 Å². The summed E-state index contributed by atoms with van der Waals surface area (Å²) in [6.45, 7) is 8.21. The summed E-state index contributed by atoms with van der Waals surface area (Å²) in [5.41, 5.74) is 2.64. The topological polar surface area (TPSA) is 88.7 Å². The Morgan fingerprint density at radius 2 is 2.03 bits per heavy atom. The molecular formula is C27H31BrN4O3. The first-order valence-electron chi connectivity index (χ1n) is 12.2. The Hall–Kier alpha value is -2.84. The Kier molecular flexibility index (Phi) is 6.13. The lowest BCUT2D eigenvalue weighted by Gasteiger charge is -2.42. The van der Waals surface area contributed by atoms with E-state index in [9.17, 15) is 14.7 Å². The van der Waals surface area contributed by atoms with E-state index in [4.69, 9.17) is 0 Å². The van der Waals surface area contributed by atoms with Crippen LogP contribution < -0.4 is 5.32 Å². The molecular weight excluding hydrogens is 508 g/mol. The van der Waals surface area contributed by atoms with Crippen molar-refractivity contribution in [3.8, 4) is 5.75 Å². The van der Waals surface area contributed by atoms with Gasteiger partial charge < -0.3 is 15.4 Å². The molecule has 2 atom stereocenters. The maximum atomic E-state index is 13.8. The Balaban J connectivity index is 1.56. The molecule has 184 valence electrons. The molecule has 8 heteroatoms. The number of imide groups is 1. The normalized spacial score (nSPS) is 21.8. The minimum absolute atomic E-state index is 0.126. The number of nitrogens with zero attached hydrogens (tertiary/aromatic N) is 2. The van der Waals surface area contributed by atoms with Crippen molar-refractivity contribution in [3.05, 3.63) is 63.8 Å². The third-order valence-electron chi connectivity index (χ3n) is 7.10. The molecule has 3 aromatic rings. The van der Waals surface area contributed by atoms with Crippen molar-refractivity contribution in [1.82, 2.24) is 20.1 Å². The first-order chi connectivity index (χ1) is 16.7. The van der Waals surface area contributed by atoms with Crippen LogP contribution in [-0.2, 0) is 11.2 Å². The molecule has 2 aromatic carbocycles. The van der Waals surface area contributed by atoms with Gasteiger partial charge in [-0.2, -0.15) is 0 Å². The highest BCUT2D eigenvalue weighted by Crippen LogP contribution is 2.49. The van der Waals surface area contributed by atoms with E-state index in [-0.39, 0.29) is 17.7 Å². The Morgan fingerprint density at radius 1 is 1.23 bits per heavy atom. The monoisotopic (exact) mass is 538 g/mol. The minimum Gasteiger partial charge on any atom is -0.508 e. The zero-order chi connectivity index (χ0) is 24.9. The third-order valence-corrected chi connectivity index (χ3v) is 7.60. The number of amides is 3. The van der Waals surface area contributed by atoms with Gasteiger partial charge in [0, 0.05) is 34.0 Å². The van der Waals surface area contributed by atoms with Crippen molar-refractivity contribution in [2.24, 2.45) is 5.92 Å². The second-order valence-electron chi connectivity index (χ2n) is 10.2. The van der Waals surface area contributed by atoms with Gasteiger partial charge in [0.2, 0.25) is 0 Å². The number of nitrogens with one attached hydrogen (secondary N) is 2. The number of H-pyrrole nitrogens is 1. The summed E-state index contributed by atoms with van der Waals surface area (Å²) in [7, 11) is 0. The lowest BCUT2D eigenvalue weighted by atomic mass is 9.81. The number of hydrogen-bond donors (Lipinski definition) is 3. The van der Waals surface area contributed by atoms with Crippen LogP contribution >= 0.6 is 15.9 Å². The van der Waals surface area contributed by atoms with Gasteiger partial charge in [0.1, 0.15) is 17.3 Å². The number of phenols is 1. The summed E-state index contributed by atoms with van der Waals surface area (Å²) in [6, 6.07) is 12.2. The van der Waals surface area contributed by atoms with Gasteiger partial charge in [0.25, 0.3) is 5.91 Å². The van der Waals surface area contributed by atoms with Crippen LogP contribution in [0, 0.1) is 5.92 Å². The number of fused-ring (bicyclic) bond motifs is 4. The van der Waals surface area contributed by atoms with E-state index in [2.05, 4.69) is 46.1 Å². The second kappa shape index (κ2) is 8.99. The molecule has 3 amide bonds. The van der Waals surface area contributed by atoms with E-state index < -0.39 is 11.6 Å². The van der Waals surface area contributed by atoms with E-state index >= 15 is 0 Å². The molecule has 2 aliphatic rings. The molecule has 35 heavy (non-hydrogen) atoms. The van der Waals surface area contributed by atoms with E-state index in [0.29, 0.717) is 25.3 Å². The largest absolute Gasteiger partial charge is 0.508 e. The molecule has 2 unspecified atom stereocenters.